The second kappa shape index (κ2) is 6.71. The molecule has 0 radical (unpaired) electrons. The standard InChI is InChI=1S/C15H29N3O/c1-3-18-9-5-6-12(10-18)17-15(19)13-7-4-8-14(16)11(13)2/h11-14H,3-10,16H2,1-2H3,(H,17,19). The number of nitrogens with zero attached hydrogens (tertiary/aromatic N) is 1. The number of carbonyl (C=O) groups excluding carboxylic acids is 1. The predicted octanol–water partition coefficient (Wildman–Crippen LogP) is 1.35. The minimum atomic E-state index is 0.126. The Kier molecular flexibility index (Phi) is 5.22. The van der Waals surface area contributed by atoms with Crippen molar-refractivity contribution in [1.29, 1.82) is 0 Å². The van der Waals surface area contributed by atoms with Gasteiger partial charge in [-0.05, 0) is 44.7 Å². The molecule has 110 valence electrons. The Morgan fingerprint density at radius 1 is 1.32 bits per heavy atom. The first-order chi connectivity index (χ1) is 9.11. The lowest BCUT2D eigenvalue weighted by atomic mass is 9.76. The van der Waals surface area contributed by atoms with Crippen LogP contribution in [0.1, 0.15) is 46.0 Å². The summed E-state index contributed by atoms with van der Waals surface area (Å²) in [5, 5.41) is 3.27. The molecule has 0 bridgehead atoms. The molecule has 0 aromatic carbocycles. The van der Waals surface area contributed by atoms with Crippen LogP contribution in [0.3, 0.4) is 0 Å². The normalized spacial score (nSPS) is 37.0. The average molecular weight is 267 g/mol. The molecular formula is C15H29N3O. The van der Waals surface area contributed by atoms with E-state index in [0.717, 1.165) is 38.8 Å². The van der Waals surface area contributed by atoms with Gasteiger partial charge in [-0.1, -0.05) is 20.3 Å². The minimum Gasteiger partial charge on any atom is -0.352 e. The van der Waals surface area contributed by atoms with Crippen molar-refractivity contribution in [2.45, 2.75) is 58.0 Å². The highest BCUT2D eigenvalue weighted by Crippen LogP contribution is 2.29. The van der Waals surface area contributed by atoms with Gasteiger partial charge in [0, 0.05) is 24.5 Å². The van der Waals surface area contributed by atoms with Crippen molar-refractivity contribution in [1.82, 2.24) is 10.2 Å². The summed E-state index contributed by atoms with van der Waals surface area (Å²) in [7, 11) is 0. The van der Waals surface area contributed by atoms with Crippen molar-refractivity contribution in [3.63, 3.8) is 0 Å². The smallest absolute Gasteiger partial charge is 0.223 e. The summed E-state index contributed by atoms with van der Waals surface area (Å²) in [6.45, 7) is 7.58. The first-order valence-electron chi connectivity index (χ1n) is 7.90. The van der Waals surface area contributed by atoms with E-state index in [9.17, 15) is 4.79 Å². The molecule has 2 aliphatic rings. The zero-order valence-corrected chi connectivity index (χ0v) is 12.4. The second-order valence-corrected chi connectivity index (χ2v) is 6.30. The fourth-order valence-electron chi connectivity index (χ4n) is 3.54. The van der Waals surface area contributed by atoms with Crippen molar-refractivity contribution >= 4 is 5.91 Å². The number of hydrogen-bond donors (Lipinski definition) is 2. The van der Waals surface area contributed by atoms with Crippen LogP contribution in [-0.4, -0.2) is 42.5 Å². The van der Waals surface area contributed by atoms with Crippen LogP contribution in [0.15, 0.2) is 0 Å². The van der Waals surface area contributed by atoms with Crippen molar-refractivity contribution in [3.8, 4) is 0 Å². The molecule has 1 saturated carbocycles. The number of likely N-dealkylation sites (tertiary alicyclic amines) is 1. The molecule has 1 aliphatic heterocycles. The van der Waals surface area contributed by atoms with E-state index in [1.54, 1.807) is 0 Å². The highest BCUT2D eigenvalue weighted by atomic mass is 16.2. The summed E-state index contributed by atoms with van der Waals surface area (Å²) in [4.78, 5) is 14.9. The van der Waals surface area contributed by atoms with Gasteiger partial charge in [0.1, 0.15) is 0 Å². The number of piperidine rings is 1. The summed E-state index contributed by atoms with van der Waals surface area (Å²) in [6.07, 6.45) is 5.48. The first-order valence-corrected chi connectivity index (χ1v) is 7.90. The largest absolute Gasteiger partial charge is 0.352 e. The maximum absolute atomic E-state index is 12.4. The van der Waals surface area contributed by atoms with Crippen molar-refractivity contribution in [3.05, 3.63) is 0 Å². The lowest BCUT2D eigenvalue weighted by Crippen LogP contribution is -2.51. The quantitative estimate of drug-likeness (QED) is 0.811. The Labute approximate surface area is 117 Å². The van der Waals surface area contributed by atoms with Gasteiger partial charge in [0.2, 0.25) is 5.91 Å². The van der Waals surface area contributed by atoms with E-state index in [0.29, 0.717) is 12.0 Å². The summed E-state index contributed by atoms with van der Waals surface area (Å²) in [5.74, 6) is 0.686. The Hall–Kier alpha value is -0.610. The zero-order valence-electron chi connectivity index (χ0n) is 12.4. The third-order valence-corrected chi connectivity index (χ3v) is 5.00. The number of carbonyl (C=O) groups is 1. The summed E-state index contributed by atoms with van der Waals surface area (Å²) < 4.78 is 0. The average Bonchev–Trinajstić information content (AvgIpc) is 2.42. The molecule has 1 heterocycles. The van der Waals surface area contributed by atoms with Crippen LogP contribution in [0.25, 0.3) is 0 Å². The van der Waals surface area contributed by atoms with Gasteiger partial charge in [-0.25, -0.2) is 0 Å². The second-order valence-electron chi connectivity index (χ2n) is 6.30. The minimum absolute atomic E-state index is 0.126. The molecule has 1 saturated heterocycles. The van der Waals surface area contributed by atoms with Crippen LogP contribution in [0.2, 0.25) is 0 Å². The van der Waals surface area contributed by atoms with Gasteiger partial charge in [-0.3, -0.25) is 4.79 Å². The summed E-state index contributed by atoms with van der Waals surface area (Å²) in [6, 6.07) is 0.537. The van der Waals surface area contributed by atoms with E-state index in [-0.39, 0.29) is 17.9 Å². The number of rotatable bonds is 3. The van der Waals surface area contributed by atoms with E-state index in [4.69, 9.17) is 5.73 Å². The molecule has 0 spiro atoms. The van der Waals surface area contributed by atoms with Gasteiger partial charge < -0.3 is 16.0 Å². The van der Waals surface area contributed by atoms with Gasteiger partial charge >= 0.3 is 0 Å². The molecule has 0 aromatic heterocycles. The molecule has 4 unspecified atom stereocenters. The van der Waals surface area contributed by atoms with E-state index in [1.807, 2.05) is 0 Å². The fourth-order valence-corrected chi connectivity index (χ4v) is 3.54. The van der Waals surface area contributed by atoms with Gasteiger partial charge in [-0.15, -0.1) is 0 Å². The number of likely N-dealkylation sites (N-methyl/N-ethyl adjacent to an activating group) is 1. The monoisotopic (exact) mass is 267 g/mol. The van der Waals surface area contributed by atoms with Crippen LogP contribution in [-0.2, 0) is 4.79 Å². The van der Waals surface area contributed by atoms with Crippen LogP contribution in [0, 0.1) is 11.8 Å². The summed E-state index contributed by atoms with van der Waals surface area (Å²) in [5.41, 5.74) is 6.09. The van der Waals surface area contributed by atoms with Crippen LogP contribution in [0.4, 0.5) is 0 Å². The van der Waals surface area contributed by atoms with E-state index in [1.165, 1.54) is 13.0 Å². The summed E-state index contributed by atoms with van der Waals surface area (Å²) >= 11 is 0. The lowest BCUT2D eigenvalue weighted by molar-refractivity contribution is -0.128. The molecule has 4 atom stereocenters. The topological polar surface area (TPSA) is 58.4 Å². The molecule has 2 rings (SSSR count). The van der Waals surface area contributed by atoms with E-state index < -0.39 is 0 Å². The molecule has 2 fully saturated rings. The van der Waals surface area contributed by atoms with Crippen LogP contribution in [0.5, 0.6) is 0 Å². The van der Waals surface area contributed by atoms with Crippen LogP contribution >= 0.6 is 0 Å². The molecule has 4 nitrogen and oxygen atoms in total. The molecule has 1 aliphatic carbocycles. The SMILES string of the molecule is CCN1CCCC(NC(=O)C2CCCC(N)C2C)C1. The molecule has 4 heteroatoms. The van der Waals surface area contributed by atoms with Gasteiger partial charge in [0.15, 0.2) is 0 Å². The van der Waals surface area contributed by atoms with Gasteiger partial charge in [0.25, 0.3) is 0 Å². The van der Waals surface area contributed by atoms with Crippen molar-refractivity contribution in [2.75, 3.05) is 19.6 Å². The molecule has 1 amide bonds. The lowest BCUT2D eigenvalue weighted by Gasteiger charge is -2.36. The van der Waals surface area contributed by atoms with Crippen molar-refractivity contribution in [2.24, 2.45) is 17.6 Å². The number of nitrogens with two attached hydrogens (primary N) is 1. The zero-order chi connectivity index (χ0) is 13.8. The maximum atomic E-state index is 12.4. The van der Waals surface area contributed by atoms with Gasteiger partial charge in [-0.2, -0.15) is 0 Å². The Bertz CT molecular complexity index is 308. The number of nitrogens with one attached hydrogen (secondary N) is 1. The van der Waals surface area contributed by atoms with Crippen LogP contribution < -0.4 is 11.1 Å². The van der Waals surface area contributed by atoms with E-state index >= 15 is 0 Å². The van der Waals surface area contributed by atoms with E-state index in [2.05, 4.69) is 24.1 Å². The molecule has 0 aromatic rings. The molecular weight excluding hydrogens is 238 g/mol. The Morgan fingerprint density at radius 2 is 2.11 bits per heavy atom. The van der Waals surface area contributed by atoms with Crippen molar-refractivity contribution < 1.29 is 4.79 Å². The Balaban J connectivity index is 1.86. The fraction of sp³-hybridized carbons (Fsp3) is 0.933. The van der Waals surface area contributed by atoms with Gasteiger partial charge in [0.05, 0.1) is 0 Å². The molecule has 3 N–H and O–H groups in total. The highest BCUT2D eigenvalue weighted by molar-refractivity contribution is 5.79. The third kappa shape index (κ3) is 3.69. The third-order valence-electron chi connectivity index (χ3n) is 5.00. The number of amides is 1. The maximum Gasteiger partial charge on any atom is 0.223 e. The highest BCUT2D eigenvalue weighted by Gasteiger charge is 2.33. The first kappa shape index (κ1) is 14.8. The Morgan fingerprint density at radius 3 is 2.84 bits per heavy atom. The number of hydrogen-bond acceptors (Lipinski definition) is 3. The predicted molar refractivity (Wildman–Crippen MR) is 77.8 cm³/mol. The molecule has 19 heavy (non-hydrogen) atoms.